The number of hydrogen-bond acceptors (Lipinski definition) is 4. The molecule has 1 aliphatic rings. The van der Waals surface area contributed by atoms with Gasteiger partial charge in [-0.2, -0.15) is 0 Å². The third kappa shape index (κ3) is 2.25. The van der Waals surface area contributed by atoms with E-state index in [1.165, 1.54) is 18.2 Å². The standard InChI is InChI=1S/C11H14FNO3/c12-6-1-2-8(13)11(3-6)16-7-4-9(14)10(15)5-7/h1-3,7,9-10,14-15H,4-5,13H2/t7-,9-,10+. The third-order valence-corrected chi connectivity index (χ3v) is 2.72. The van der Waals surface area contributed by atoms with Crippen LogP contribution >= 0.6 is 0 Å². The summed E-state index contributed by atoms with van der Waals surface area (Å²) < 4.78 is 18.4. The highest BCUT2D eigenvalue weighted by molar-refractivity contribution is 5.52. The molecule has 3 atom stereocenters. The first-order valence-corrected chi connectivity index (χ1v) is 5.14. The van der Waals surface area contributed by atoms with Crippen LogP contribution in [0.1, 0.15) is 12.8 Å². The molecule has 0 spiro atoms. The van der Waals surface area contributed by atoms with Crippen molar-refractivity contribution in [2.75, 3.05) is 5.73 Å². The SMILES string of the molecule is Nc1ccc(F)cc1O[C@@H]1C[C@@H](O)[C@@H](O)C1. The molecule has 1 aromatic rings. The zero-order chi connectivity index (χ0) is 11.7. The maximum absolute atomic E-state index is 12.9. The molecular weight excluding hydrogens is 213 g/mol. The topological polar surface area (TPSA) is 75.7 Å². The normalized spacial score (nSPS) is 29.3. The van der Waals surface area contributed by atoms with Crippen LogP contribution in [-0.4, -0.2) is 28.5 Å². The molecule has 1 fully saturated rings. The van der Waals surface area contributed by atoms with Gasteiger partial charge in [-0.05, 0) is 12.1 Å². The first kappa shape index (κ1) is 11.2. The monoisotopic (exact) mass is 227 g/mol. The Kier molecular flexibility index (Phi) is 2.98. The summed E-state index contributed by atoms with van der Waals surface area (Å²) in [6, 6.07) is 3.87. The third-order valence-electron chi connectivity index (χ3n) is 2.72. The van der Waals surface area contributed by atoms with Crippen molar-refractivity contribution in [3.05, 3.63) is 24.0 Å². The molecule has 0 aromatic heterocycles. The summed E-state index contributed by atoms with van der Waals surface area (Å²) >= 11 is 0. The van der Waals surface area contributed by atoms with Crippen molar-refractivity contribution >= 4 is 5.69 Å². The molecule has 5 heteroatoms. The van der Waals surface area contributed by atoms with Gasteiger partial charge in [0.2, 0.25) is 0 Å². The van der Waals surface area contributed by atoms with Crippen LogP contribution in [0.2, 0.25) is 0 Å². The molecule has 1 aromatic carbocycles. The van der Waals surface area contributed by atoms with E-state index in [1.54, 1.807) is 0 Å². The highest BCUT2D eigenvalue weighted by atomic mass is 19.1. The van der Waals surface area contributed by atoms with Gasteiger partial charge in [0.1, 0.15) is 17.7 Å². The van der Waals surface area contributed by atoms with Crippen LogP contribution in [0.4, 0.5) is 10.1 Å². The number of anilines is 1. The number of rotatable bonds is 2. The molecule has 0 bridgehead atoms. The van der Waals surface area contributed by atoms with Gasteiger partial charge in [-0.15, -0.1) is 0 Å². The minimum atomic E-state index is -0.778. The zero-order valence-electron chi connectivity index (χ0n) is 8.64. The first-order chi connectivity index (χ1) is 7.56. The van der Waals surface area contributed by atoms with Crippen LogP contribution in [0.5, 0.6) is 5.75 Å². The lowest BCUT2D eigenvalue weighted by Gasteiger charge is -2.14. The molecule has 0 amide bonds. The summed E-state index contributed by atoms with van der Waals surface area (Å²) in [7, 11) is 0. The van der Waals surface area contributed by atoms with Crippen LogP contribution in [0.25, 0.3) is 0 Å². The van der Waals surface area contributed by atoms with E-state index in [-0.39, 0.29) is 11.9 Å². The fraction of sp³-hybridized carbons (Fsp3) is 0.455. The van der Waals surface area contributed by atoms with Gasteiger partial charge in [-0.25, -0.2) is 4.39 Å². The Balaban J connectivity index is 2.07. The number of nitrogens with two attached hydrogens (primary N) is 1. The van der Waals surface area contributed by atoms with Crippen LogP contribution in [-0.2, 0) is 0 Å². The van der Waals surface area contributed by atoms with E-state index >= 15 is 0 Å². The minimum absolute atomic E-state index is 0.256. The van der Waals surface area contributed by atoms with E-state index in [4.69, 9.17) is 10.5 Å². The summed E-state index contributed by atoms with van der Waals surface area (Å²) in [5, 5.41) is 18.7. The van der Waals surface area contributed by atoms with Gasteiger partial charge in [0.05, 0.1) is 17.9 Å². The molecule has 0 heterocycles. The Bertz CT molecular complexity index is 375. The van der Waals surface area contributed by atoms with E-state index in [0.717, 1.165) is 0 Å². The quantitative estimate of drug-likeness (QED) is 0.649. The van der Waals surface area contributed by atoms with Crippen LogP contribution in [0.15, 0.2) is 18.2 Å². The molecular formula is C11H14FNO3. The lowest BCUT2D eigenvalue weighted by atomic mass is 10.2. The fourth-order valence-corrected chi connectivity index (χ4v) is 1.84. The molecule has 0 radical (unpaired) electrons. The second-order valence-electron chi connectivity index (χ2n) is 4.03. The Labute approximate surface area is 92.5 Å². The van der Waals surface area contributed by atoms with Gasteiger partial charge < -0.3 is 20.7 Å². The molecule has 4 N–H and O–H groups in total. The highest BCUT2D eigenvalue weighted by Crippen LogP contribution is 2.29. The van der Waals surface area contributed by atoms with Crippen LogP contribution < -0.4 is 10.5 Å². The van der Waals surface area contributed by atoms with E-state index in [1.807, 2.05) is 0 Å². The number of ether oxygens (including phenoxy) is 1. The van der Waals surface area contributed by atoms with Crippen molar-refractivity contribution in [3.63, 3.8) is 0 Å². The minimum Gasteiger partial charge on any atom is -0.488 e. The lowest BCUT2D eigenvalue weighted by molar-refractivity contribution is 0.0438. The van der Waals surface area contributed by atoms with Crippen molar-refractivity contribution in [2.24, 2.45) is 0 Å². The highest BCUT2D eigenvalue weighted by Gasteiger charge is 2.33. The van der Waals surface area contributed by atoms with Crippen molar-refractivity contribution < 1.29 is 19.3 Å². The smallest absolute Gasteiger partial charge is 0.145 e. The predicted molar refractivity (Wildman–Crippen MR) is 56.5 cm³/mol. The van der Waals surface area contributed by atoms with Gasteiger partial charge in [0.15, 0.2) is 0 Å². The lowest BCUT2D eigenvalue weighted by Crippen LogP contribution is -2.17. The van der Waals surface area contributed by atoms with Gasteiger partial charge in [-0.1, -0.05) is 0 Å². The first-order valence-electron chi connectivity index (χ1n) is 5.14. The van der Waals surface area contributed by atoms with E-state index in [0.29, 0.717) is 18.5 Å². The Morgan fingerprint density at radius 3 is 2.50 bits per heavy atom. The zero-order valence-corrected chi connectivity index (χ0v) is 8.64. The Morgan fingerprint density at radius 1 is 1.25 bits per heavy atom. The summed E-state index contributed by atoms with van der Waals surface area (Å²) in [6.45, 7) is 0. The number of halogens is 1. The molecule has 88 valence electrons. The Hall–Kier alpha value is -1.33. The molecule has 1 saturated carbocycles. The number of aliphatic hydroxyl groups excluding tert-OH is 2. The van der Waals surface area contributed by atoms with Crippen molar-refractivity contribution in [1.82, 2.24) is 0 Å². The van der Waals surface area contributed by atoms with Crippen molar-refractivity contribution in [2.45, 2.75) is 31.2 Å². The number of nitrogen functional groups attached to an aromatic ring is 1. The van der Waals surface area contributed by atoms with Crippen molar-refractivity contribution in [1.29, 1.82) is 0 Å². The maximum Gasteiger partial charge on any atom is 0.145 e. The molecule has 2 rings (SSSR count). The van der Waals surface area contributed by atoms with Crippen LogP contribution in [0, 0.1) is 5.82 Å². The summed E-state index contributed by atoms with van der Waals surface area (Å²) in [6.07, 6.45) is -1.22. The molecule has 0 unspecified atom stereocenters. The average molecular weight is 227 g/mol. The number of hydrogen-bond donors (Lipinski definition) is 3. The number of aliphatic hydroxyl groups is 2. The van der Waals surface area contributed by atoms with E-state index in [2.05, 4.69) is 0 Å². The van der Waals surface area contributed by atoms with Crippen molar-refractivity contribution in [3.8, 4) is 5.75 Å². The molecule has 0 saturated heterocycles. The van der Waals surface area contributed by atoms with Gasteiger partial charge in [0, 0.05) is 18.9 Å². The van der Waals surface area contributed by atoms with Gasteiger partial charge in [-0.3, -0.25) is 0 Å². The number of benzene rings is 1. The summed E-state index contributed by atoms with van der Waals surface area (Å²) in [5.74, 6) is -0.172. The average Bonchev–Trinajstić information content (AvgIpc) is 2.52. The van der Waals surface area contributed by atoms with E-state index < -0.39 is 18.0 Å². The summed E-state index contributed by atoms with van der Waals surface area (Å²) in [5.41, 5.74) is 5.96. The molecule has 4 nitrogen and oxygen atoms in total. The second kappa shape index (κ2) is 4.27. The van der Waals surface area contributed by atoms with Gasteiger partial charge >= 0.3 is 0 Å². The molecule has 1 aliphatic carbocycles. The molecule has 0 aliphatic heterocycles. The van der Waals surface area contributed by atoms with Crippen LogP contribution in [0.3, 0.4) is 0 Å². The predicted octanol–water partition coefficient (Wildman–Crippen LogP) is 0.671. The molecule has 16 heavy (non-hydrogen) atoms. The second-order valence-corrected chi connectivity index (χ2v) is 4.03. The summed E-state index contributed by atoms with van der Waals surface area (Å²) in [4.78, 5) is 0. The van der Waals surface area contributed by atoms with Gasteiger partial charge in [0.25, 0.3) is 0 Å². The van der Waals surface area contributed by atoms with E-state index in [9.17, 15) is 14.6 Å². The Morgan fingerprint density at radius 2 is 1.88 bits per heavy atom. The largest absolute Gasteiger partial charge is 0.488 e. The maximum atomic E-state index is 12.9. The fourth-order valence-electron chi connectivity index (χ4n) is 1.84.